The number of nitrogens with one attached hydrogen (secondary N) is 1. The van der Waals surface area contributed by atoms with Crippen LogP contribution in [0.1, 0.15) is 5.56 Å². The molecule has 0 aliphatic carbocycles. The summed E-state index contributed by atoms with van der Waals surface area (Å²) >= 11 is 0. The van der Waals surface area contributed by atoms with Crippen LogP contribution in [0.4, 0.5) is 10.1 Å². The van der Waals surface area contributed by atoms with E-state index in [1.807, 2.05) is 30.3 Å². The van der Waals surface area contributed by atoms with Crippen molar-refractivity contribution in [2.45, 2.75) is 6.54 Å². The third kappa shape index (κ3) is 2.51. The van der Waals surface area contributed by atoms with E-state index in [4.69, 9.17) is 0 Å². The summed E-state index contributed by atoms with van der Waals surface area (Å²) in [6.07, 6.45) is 3.39. The Bertz CT molecular complexity index is 695. The monoisotopic (exact) mass is 268 g/mol. The molecule has 0 unspecified atom stereocenters. The maximum absolute atomic E-state index is 13.6. The number of hydrogen-bond acceptors (Lipinski definition) is 3. The summed E-state index contributed by atoms with van der Waals surface area (Å²) in [6.45, 7) is 0.415. The molecule has 100 valence electrons. The highest BCUT2D eigenvalue weighted by atomic mass is 19.1. The molecule has 3 rings (SSSR count). The fourth-order valence-electron chi connectivity index (χ4n) is 1.99. The molecule has 0 aliphatic rings. The largest absolute Gasteiger partial charge is 0.379 e. The van der Waals surface area contributed by atoms with Gasteiger partial charge in [0.15, 0.2) is 0 Å². The van der Waals surface area contributed by atoms with Gasteiger partial charge in [0.05, 0.1) is 23.8 Å². The van der Waals surface area contributed by atoms with Gasteiger partial charge >= 0.3 is 0 Å². The summed E-state index contributed by atoms with van der Waals surface area (Å²) in [5, 5.41) is 11.0. The van der Waals surface area contributed by atoms with E-state index in [1.165, 1.54) is 6.07 Å². The normalized spacial score (nSPS) is 10.4. The molecule has 5 heteroatoms. The first-order chi connectivity index (χ1) is 9.84. The van der Waals surface area contributed by atoms with Crippen LogP contribution in [0.5, 0.6) is 0 Å². The summed E-state index contributed by atoms with van der Waals surface area (Å²) in [4.78, 5) is 0. The lowest BCUT2D eigenvalue weighted by molar-refractivity contribution is 0.613. The Hall–Kier alpha value is -2.69. The van der Waals surface area contributed by atoms with Gasteiger partial charge in [-0.25, -0.2) is 9.07 Å². The minimum atomic E-state index is -0.210. The van der Waals surface area contributed by atoms with Crippen molar-refractivity contribution >= 4 is 5.69 Å². The highest BCUT2D eigenvalue weighted by Crippen LogP contribution is 2.20. The van der Waals surface area contributed by atoms with Crippen LogP contribution in [0.25, 0.3) is 5.69 Å². The molecule has 0 bridgehead atoms. The highest BCUT2D eigenvalue weighted by Gasteiger charge is 2.05. The Morgan fingerprint density at radius 1 is 1.05 bits per heavy atom. The predicted molar refractivity (Wildman–Crippen MR) is 75.1 cm³/mol. The van der Waals surface area contributed by atoms with Crippen molar-refractivity contribution in [1.29, 1.82) is 0 Å². The number of nitrogens with zero attached hydrogens (tertiary/aromatic N) is 3. The van der Waals surface area contributed by atoms with Gasteiger partial charge in [0, 0.05) is 12.1 Å². The van der Waals surface area contributed by atoms with E-state index in [0.29, 0.717) is 12.1 Å². The average Bonchev–Trinajstić information content (AvgIpc) is 3.01. The van der Waals surface area contributed by atoms with Gasteiger partial charge in [-0.05, 0) is 18.2 Å². The van der Waals surface area contributed by atoms with Gasteiger partial charge in [-0.3, -0.25) is 0 Å². The highest BCUT2D eigenvalue weighted by molar-refractivity contribution is 5.60. The zero-order valence-electron chi connectivity index (χ0n) is 10.7. The lowest BCUT2D eigenvalue weighted by Crippen LogP contribution is -2.06. The number of anilines is 1. The lowest BCUT2D eigenvalue weighted by Gasteiger charge is -2.11. The Labute approximate surface area is 115 Å². The van der Waals surface area contributed by atoms with E-state index in [-0.39, 0.29) is 5.82 Å². The quantitative estimate of drug-likeness (QED) is 0.791. The van der Waals surface area contributed by atoms with Gasteiger partial charge in [-0.1, -0.05) is 35.5 Å². The molecule has 1 N–H and O–H groups in total. The van der Waals surface area contributed by atoms with Crippen LogP contribution < -0.4 is 5.32 Å². The smallest absolute Gasteiger partial charge is 0.128 e. The molecule has 0 amide bonds. The minimum Gasteiger partial charge on any atom is -0.379 e. The van der Waals surface area contributed by atoms with Crippen LogP contribution >= 0.6 is 0 Å². The van der Waals surface area contributed by atoms with Crippen LogP contribution in [0, 0.1) is 5.82 Å². The van der Waals surface area contributed by atoms with Crippen molar-refractivity contribution in [2.24, 2.45) is 0 Å². The Morgan fingerprint density at radius 2 is 1.85 bits per heavy atom. The molecule has 1 heterocycles. The Balaban J connectivity index is 1.84. The zero-order valence-corrected chi connectivity index (χ0v) is 10.7. The van der Waals surface area contributed by atoms with Gasteiger partial charge in [-0.2, -0.15) is 0 Å². The average molecular weight is 268 g/mol. The van der Waals surface area contributed by atoms with Crippen molar-refractivity contribution < 1.29 is 4.39 Å². The van der Waals surface area contributed by atoms with E-state index in [1.54, 1.807) is 29.2 Å². The van der Waals surface area contributed by atoms with Crippen molar-refractivity contribution in [3.63, 3.8) is 0 Å². The molecular weight excluding hydrogens is 255 g/mol. The molecule has 0 radical (unpaired) electrons. The second-order valence-electron chi connectivity index (χ2n) is 4.31. The standard InChI is InChI=1S/C15H13FN4/c16-13-6-2-1-5-12(13)11-17-14-7-3-4-8-15(14)20-10-9-18-19-20/h1-10,17H,11H2. The van der Waals surface area contributed by atoms with Gasteiger partial charge in [0.25, 0.3) is 0 Å². The van der Waals surface area contributed by atoms with Gasteiger partial charge < -0.3 is 5.32 Å². The van der Waals surface area contributed by atoms with E-state index in [0.717, 1.165) is 11.4 Å². The molecule has 0 saturated heterocycles. The van der Waals surface area contributed by atoms with E-state index < -0.39 is 0 Å². The van der Waals surface area contributed by atoms with Crippen LogP contribution in [-0.2, 0) is 6.54 Å². The van der Waals surface area contributed by atoms with Crippen molar-refractivity contribution in [1.82, 2.24) is 15.0 Å². The Morgan fingerprint density at radius 3 is 2.65 bits per heavy atom. The molecule has 1 aromatic heterocycles. The summed E-state index contributed by atoms with van der Waals surface area (Å²) in [7, 11) is 0. The summed E-state index contributed by atoms with van der Waals surface area (Å²) < 4.78 is 15.3. The molecule has 4 nitrogen and oxygen atoms in total. The van der Waals surface area contributed by atoms with Gasteiger partial charge in [-0.15, -0.1) is 5.10 Å². The van der Waals surface area contributed by atoms with Crippen molar-refractivity contribution in [3.05, 3.63) is 72.3 Å². The zero-order chi connectivity index (χ0) is 13.8. The molecule has 20 heavy (non-hydrogen) atoms. The summed E-state index contributed by atoms with van der Waals surface area (Å²) in [6, 6.07) is 14.4. The first-order valence-electron chi connectivity index (χ1n) is 6.27. The number of hydrogen-bond donors (Lipinski definition) is 1. The second-order valence-corrected chi connectivity index (χ2v) is 4.31. The SMILES string of the molecule is Fc1ccccc1CNc1ccccc1-n1ccnn1. The van der Waals surface area contributed by atoms with Gasteiger partial charge in [0.2, 0.25) is 0 Å². The third-order valence-electron chi connectivity index (χ3n) is 3.00. The van der Waals surface area contributed by atoms with Crippen molar-refractivity contribution in [3.8, 4) is 5.69 Å². The first kappa shape index (κ1) is 12.3. The second kappa shape index (κ2) is 5.52. The number of benzene rings is 2. The molecule has 0 saturated carbocycles. The number of halogens is 1. The maximum Gasteiger partial charge on any atom is 0.128 e. The van der Waals surface area contributed by atoms with Crippen LogP contribution in [-0.4, -0.2) is 15.0 Å². The van der Waals surface area contributed by atoms with Crippen LogP contribution in [0.15, 0.2) is 60.9 Å². The number of para-hydroxylation sites is 2. The first-order valence-corrected chi connectivity index (χ1v) is 6.27. The van der Waals surface area contributed by atoms with Crippen molar-refractivity contribution in [2.75, 3.05) is 5.32 Å². The fourth-order valence-corrected chi connectivity index (χ4v) is 1.99. The minimum absolute atomic E-state index is 0.210. The molecule has 0 atom stereocenters. The van der Waals surface area contributed by atoms with Crippen LogP contribution in [0.3, 0.4) is 0 Å². The fraction of sp³-hybridized carbons (Fsp3) is 0.0667. The summed E-state index contributed by atoms with van der Waals surface area (Å²) in [5.74, 6) is -0.210. The molecule has 3 aromatic rings. The van der Waals surface area contributed by atoms with E-state index in [9.17, 15) is 4.39 Å². The van der Waals surface area contributed by atoms with E-state index >= 15 is 0 Å². The number of aromatic nitrogens is 3. The summed E-state index contributed by atoms with van der Waals surface area (Å²) in [5.41, 5.74) is 2.38. The Kier molecular flexibility index (Phi) is 3.41. The van der Waals surface area contributed by atoms with E-state index in [2.05, 4.69) is 15.6 Å². The maximum atomic E-state index is 13.6. The molecule has 0 aliphatic heterocycles. The lowest BCUT2D eigenvalue weighted by atomic mass is 10.2. The molecule has 2 aromatic carbocycles. The number of rotatable bonds is 4. The molecule has 0 fully saturated rings. The predicted octanol–water partition coefficient (Wildman–Crippen LogP) is 3.02. The molecule has 0 spiro atoms. The topological polar surface area (TPSA) is 42.7 Å². The van der Waals surface area contributed by atoms with Crippen LogP contribution in [0.2, 0.25) is 0 Å². The third-order valence-corrected chi connectivity index (χ3v) is 3.00. The molecular formula is C15H13FN4. The van der Waals surface area contributed by atoms with Gasteiger partial charge in [0.1, 0.15) is 5.82 Å².